The van der Waals surface area contributed by atoms with Gasteiger partial charge >= 0.3 is 0 Å². The molecule has 4 heteroatoms. The molecule has 0 saturated heterocycles. The molecular weight excluding hydrogens is 322 g/mol. The molecule has 0 radical (unpaired) electrons. The van der Waals surface area contributed by atoms with Crippen molar-refractivity contribution in [2.75, 3.05) is 6.61 Å². The van der Waals surface area contributed by atoms with Crippen LogP contribution in [0.25, 0.3) is 11.0 Å². The van der Waals surface area contributed by atoms with Crippen LogP contribution in [0.3, 0.4) is 0 Å². The van der Waals surface area contributed by atoms with Crippen LogP contribution in [0.1, 0.15) is 50.0 Å². The van der Waals surface area contributed by atoms with Crippen LogP contribution in [0.2, 0.25) is 0 Å². The Morgan fingerprint density at radius 2 is 1.85 bits per heavy atom. The van der Waals surface area contributed by atoms with Gasteiger partial charge in [-0.3, -0.25) is 0 Å². The van der Waals surface area contributed by atoms with Gasteiger partial charge < -0.3 is 15.0 Å². The van der Waals surface area contributed by atoms with Crippen LogP contribution in [-0.2, 0) is 6.54 Å². The number of imidazole rings is 1. The van der Waals surface area contributed by atoms with Crippen LogP contribution >= 0.6 is 0 Å². The van der Waals surface area contributed by atoms with E-state index in [-0.39, 0.29) is 6.04 Å². The molecule has 1 atom stereocenters. The maximum atomic E-state index is 6.39. The van der Waals surface area contributed by atoms with E-state index in [0.717, 1.165) is 55.9 Å². The fraction of sp³-hybridized carbons (Fsp3) is 0.409. The third kappa shape index (κ3) is 4.25. The maximum Gasteiger partial charge on any atom is 0.126 e. The molecule has 4 nitrogen and oxygen atoms in total. The first-order valence-corrected chi connectivity index (χ1v) is 9.60. The van der Waals surface area contributed by atoms with Crippen molar-refractivity contribution in [3.05, 3.63) is 59.9 Å². The summed E-state index contributed by atoms with van der Waals surface area (Å²) in [5.74, 6) is 1.99. The highest BCUT2D eigenvalue weighted by molar-refractivity contribution is 5.76. The fourth-order valence-electron chi connectivity index (χ4n) is 3.32. The van der Waals surface area contributed by atoms with Gasteiger partial charge in [-0.1, -0.05) is 43.7 Å². The average Bonchev–Trinajstić information content (AvgIpc) is 3.02. The zero-order chi connectivity index (χ0) is 18.4. The highest BCUT2D eigenvalue weighted by atomic mass is 16.5. The molecule has 0 aliphatic rings. The number of unbranched alkanes of at least 4 members (excludes halogenated alkanes) is 1. The van der Waals surface area contributed by atoms with Gasteiger partial charge in [-0.2, -0.15) is 0 Å². The Balaban J connectivity index is 1.62. The van der Waals surface area contributed by atoms with Crippen molar-refractivity contribution in [2.24, 2.45) is 5.73 Å². The van der Waals surface area contributed by atoms with E-state index < -0.39 is 0 Å². The van der Waals surface area contributed by atoms with Gasteiger partial charge in [-0.25, -0.2) is 4.98 Å². The quantitative estimate of drug-likeness (QED) is 0.552. The van der Waals surface area contributed by atoms with Crippen LogP contribution in [0.15, 0.2) is 48.5 Å². The second-order valence-electron chi connectivity index (χ2n) is 6.83. The number of rotatable bonds is 9. The van der Waals surface area contributed by atoms with Gasteiger partial charge in [0.15, 0.2) is 0 Å². The summed E-state index contributed by atoms with van der Waals surface area (Å²) in [4.78, 5) is 4.80. The summed E-state index contributed by atoms with van der Waals surface area (Å²) < 4.78 is 8.21. The van der Waals surface area contributed by atoms with Crippen LogP contribution in [-0.4, -0.2) is 16.2 Å². The predicted molar refractivity (Wildman–Crippen MR) is 107 cm³/mol. The molecule has 0 spiro atoms. The number of nitrogens with zero attached hydrogens (tertiary/aromatic N) is 2. The van der Waals surface area contributed by atoms with Crippen molar-refractivity contribution < 1.29 is 4.74 Å². The number of benzene rings is 2. The first-order chi connectivity index (χ1) is 12.7. The molecule has 1 aromatic heterocycles. The van der Waals surface area contributed by atoms with Crippen LogP contribution in [0, 0.1) is 6.92 Å². The summed E-state index contributed by atoms with van der Waals surface area (Å²) in [6.07, 6.45) is 4.07. The Morgan fingerprint density at radius 1 is 1.08 bits per heavy atom. The van der Waals surface area contributed by atoms with Crippen LogP contribution in [0.4, 0.5) is 0 Å². The first-order valence-electron chi connectivity index (χ1n) is 9.60. The molecule has 26 heavy (non-hydrogen) atoms. The number of hydrogen-bond donors (Lipinski definition) is 1. The predicted octanol–water partition coefficient (Wildman–Crippen LogP) is 5.00. The molecule has 0 aliphatic carbocycles. The Labute approximate surface area is 156 Å². The molecule has 1 unspecified atom stereocenters. The second-order valence-corrected chi connectivity index (χ2v) is 6.83. The molecule has 138 valence electrons. The summed E-state index contributed by atoms with van der Waals surface area (Å²) in [7, 11) is 0. The summed E-state index contributed by atoms with van der Waals surface area (Å²) in [6, 6.07) is 16.4. The Hall–Kier alpha value is -2.33. The molecule has 0 bridgehead atoms. The zero-order valence-electron chi connectivity index (χ0n) is 15.8. The maximum absolute atomic E-state index is 6.39. The Morgan fingerprint density at radius 3 is 2.65 bits per heavy atom. The average molecular weight is 351 g/mol. The standard InChI is InChI=1S/C22H29N3O/c1-3-10-18(23)22-24-19-12-5-6-13-20(19)25(22)15-8-9-16-26-21-14-7-4-11-17(21)2/h4-7,11-14,18H,3,8-10,15-16,23H2,1-2H3. The highest BCUT2D eigenvalue weighted by Gasteiger charge is 2.16. The van der Waals surface area contributed by atoms with Gasteiger partial charge in [0.25, 0.3) is 0 Å². The molecule has 0 fully saturated rings. The van der Waals surface area contributed by atoms with Crippen LogP contribution in [0.5, 0.6) is 5.75 Å². The van der Waals surface area contributed by atoms with Crippen molar-refractivity contribution in [1.29, 1.82) is 0 Å². The molecule has 0 saturated carbocycles. The Bertz CT molecular complexity index is 840. The van der Waals surface area contributed by atoms with Crippen molar-refractivity contribution in [3.8, 4) is 5.75 Å². The SMILES string of the molecule is CCCC(N)c1nc2ccccc2n1CCCCOc1ccccc1C. The molecule has 3 rings (SSSR count). The van der Waals surface area contributed by atoms with Gasteiger partial charge in [0.1, 0.15) is 11.6 Å². The third-order valence-electron chi connectivity index (χ3n) is 4.74. The van der Waals surface area contributed by atoms with Crippen molar-refractivity contribution in [2.45, 2.75) is 52.1 Å². The summed E-state index contributed by atoms with van der Waals surface area (Å²) in [5.41, 5.74) is 9.77. The molecular formula is C22H29N3O. The largest absolute Gasteiger partial charge is 0.493 e. The van der Waals surface area contributed by atoms with E-state index in [9.17, 15) is 0 Å². The van der Waals surface area contributed by atoms with E-state index in [1.807, 2.05) is 24.3 Å². The fourth-order valence-corrected chi connectivity index (χ4v) is 3.32. The smallest absolute Gasteiger partial charge is 0.126 e. The summed E-state index contributed by atoms with van der Waals surface area (Å²) in [5, 5.41) is 0. The van der Waals surface area contributed by atoms with Crippen molar-refractivity contribution >= 4 is 11.0 Å². The number of fused-ring (bicyclic) bond motifs is 1. The topological polar surface area (TPSA) is 53.1 Å². The molecule has 1 heterocycles. The second kappa shape index (κ2) is 8.86. The molecule has 2 aromatic carbocycles. The van der Waals surface area contributed by atoms with E-state index in [4.69, 9.17) is 15.5 Å². The number of aryl methyl sites for hydroxylation is 2. The normalized spacial score (nSPS) is 12.4. The van der Waals surface area contributed by atoms with Gasteiger partial charge in [0.05, 0.1) is 23.7 Å². The minimum Gasteiger partial charge on any atom is -0.493 e. The van der Waals surface area contributed by atoms with Gasteiger partial charge in [-0.05, 0) is 49.9 Å². The lowest BCUT2D eigenvalue weighted by Gasteiger charge is -2.14. The van der Waals surface area contributed by atoms with Crippen molar-refractivity contribution in [3.63, 3.8) is 0 Å². The van der Waals surface area contributed by atoms with E-state index in [1.54, 1.807) is 0 Å². The van der Waals surface area contributed by atoms with E-state index in [2.05, 4.69) is 42.7 Å². The minimum atomic E-state index is -0.00406. The van der Waals surface area contributed by atoms with Crippen LogP contribution < -0.4 is 10.5 Å². The number of hydrogen-bond acceptors (Lipinski definition) is 3. The van der Waals surface area contributed by atoms with Crippen molar-refractivity contribution in [1.82, 2.24) is 9.55 Å². The van der Waals surface area contributed by atoms with Gasteiger partial charge in [-0.15, -0.1) is 0 Å². The summed E-state index contributed by atoms with van der Waals surface area (Å²) >= 11 is 0. The zero-order valence-corrected chi connectivity index (χ0v) is 15.8. The van der Waals surface area contributed by atoms with Gasteiger partial charge in [0, 0.05) is 6.54 Å². The third-order valence-corrected chi connectivity index (χ3v) is 4.74. The summed E-state index contributed by atoms with van der Waals surface area (Å²) in [6.45, 7) is 5.89. The number of ether oxygens (including phenoxy) is 1. The Kier molecular flexibility index (Phi) is 6.29. The van der Waals surface area contributed by atoms with Gasteiger partial charge in [0.2, 0.25) is 0 Å². The molecule has 0 amide bonds. The monoisotopic (exact) mass is 351 g/mol. The number of aromatic nitrogens is 2. The highest BCUT2D eigenvalue weighted by Crippen LogP contribution is 2.23. The van der Waals surface area contributed by atoms with E-state index in [0.29, 0.717) is 0 Å². The number of para-hydroxylation sites is 3. The first kappa shape index (κ1) is 18.5. The lowest BCUT2D eigenvalue weighted by molar-refractivity contribution is 0.301. The lowest BCUT2D eigenvalue weighted by Crippen LogP contribution is -2.17. The molecule has 3 aromatic rings. The van der Waals surface area contributed by atoms with E-state index >= 15 is 0 Å². The molecule has 2 N–H and O–H groups in total. The van der Waals surface area contributed by atoms with E-state index in [1.165, 1.54) is 11.1 Å². The minimum absolute atomic E-state index is 0.00406. The molecule has 0 aliphatic heterocycles. The number of nitrogens with two attached hydrogens (primary N) is 1. The lowest BCUT2D eigenvalue weighted by atomic mass is 10.1.